The van der Waals surface area contributed by atoms with Crippen molar-refractivity contribution in [2.24, 2.45) is 5.89 Å². The van der Waals surface area contributed by atoms with Crippen molar-refractivity contribution in [3.8, 4) is 28.7 Å². The van der Waals surface area contributed by atoms with Gasteiger partial charge in [0, 0.05) is 30.4 Å². The molecule has 0 amide bonds. The number of H-pyrrole nitrogens is 1. The normalized spacial score (nSPS) is 27.4. The fourth-order valence-electron chi connectivity index (χ4n) is 2.66. The lowest BCUT2D eigenvalue weighted by atomic mass is 9.96. The summed E-state index contributed by atoms with van der Waals surface area (Å²) in [6.07, 6.45) is -2.75. The van der Waals surface area contributed by atoms with E-state index in [-0.39, 0.29) is 54.9 Å². The lowest BCUT2D eigenvalue weighted by molar-refractivity contribution is 0.315. The molecule has 0 bridgehead atoms. The molecule has 1 saturated carbocycles. The van der Waals surface area contributed by atoms with Crippen LogP contribution in [0.3, 0.4) is 0 Å². The first-order chi connectivity index (χ1) is 14.4. The van der Waals surface area contributed by atoms with Crippen molar-refractivity contribution in [2.75, 3.05) is 0 Å². The van der Waals surface area contributed by atoms with E-state index in [0.717, 1.165) is 0 Å². The highest BCUT2D eigenvalue weighted by Crippen LogP contribution is 2.37. The van der Waals surface area contributed by atoms with Gasteiger partial charge in [-0.25, -0.2) is 9.97 Å². The molecule has 0 spiro atoms. The van der Waals surface area contributed by atoms with Crippen LogP contribution in [0.2, 0.25) is 0 Å². The van der Waals surface area contributed by atoms with Crippen LogP contribution in [0.15, 0.2) is 30.9 Å². The Morgan fingerprint density at radius 3 is 3.22 bits per heavy atom. The van der Waals surface area contributed by atoms with E-state index in [0.29, 0.717) is 5.56 Å². The van der Waals surface area contributed by atoms with Gasteiger partial charge in [0.2, 0.25) is 0 Å². The Kier molecular flexibility index (Phi) is 1.96. The molecular formula is C17H18N6. The second-order valence-corrected chi connectivity index (χ2v) is 5.13. The zero-order valence-electron chi connectivity index (χ0n) is 20.1. The van der Waals surface area contributed by atoms with Gasteiger partial charge in [-0.3, -0.25) is 4.68 Å². The molecule has 6 nitrogen and oxygen atoms in total. The van der Waals surface area contributed by atoms with Crippen molar-refractivity contribution in [1.29, 1.82) is 5.26 Å². The molecule has 1 N–H and O–H groups in total. The van der Waals surface area contributed by atoms with Crippen molar-refractivity contribution in [3.05, 3.63) is 30.9 Å². The predicted molar refractivity (Wildman–Crippen MR) is 85.5 cm³/mol. The Balaban J connectivity index is 1.85. The Morgan fingerprint density at radius 2 is 2.39 bits per heavy atom. The molecule has 3 aliphatic rings. The third-order valence-corrected chi connectivity index (χ3v) is 3.74. The lowest BCUT2D eigenvalue weighted by Crippen LogP contribution is -2.17. The van der Waals surface area contributed by atoms with Crippen LogP contribution >= 0.6 is 0 Å². The van der Waals surface area contributed by atoms with Gasteiger partial charge >= 0.3 is 0 Å². The summed E-state index contributed by atoms with van der Waals surface area (Å²) in [6.45, 7) is 0. The summed E-state index contributed by atoms with van der Waals surface area (Å²) in [7, 11) is 0. The first-order valence-electron chi connectivity index (χ1n) is 11.2. The molecule has 3 heterocycles. The second-order valence-electron chi connectivity index (χ2n) is 5.13. The van der Waals surface area contributed by atoms with Gasteiger partial charge in [-0.05, 0) is 24.7 Å². The van der Waals surface area contributed by atoms with E-state index in [1.807, 2.05) is 6.07 Å². The maximum Gasteiger partial charge on any atom is 0.162 e. The van der Waals surface area contributed by atoms with Crippen LogP contribution in [-0.4, -0.2) is 24.7 Å². The van der Waals surface area contributed by atoms with E-state index in [2.05, 4.69) is 20.1 Å². The fourth-order valence-corrected chi connectivity index (χ4v) is 2.66. The van der Waals surface area contributed by atoms with E-state index in [1.165, 1.54) is 17.1 Å². The van der Waals surface area contributed by atoms with Crippen LogP contribution < -0.4 is 0 Å². The molecular weight excluding hydrogens is 288 g/mol. The molecule has 116 valence electrons. The molecule has 0 radical (unpaired) electrons. The van der Waals surface area contributed by atoms with Gasteiger partial charge in [0.1, 0.15) is 1.37 Å². The molecule has 1 aromatic rings. The van der Waals surface area contributed by atoms with Gasteiger partial charge in [0.25, 0.3) is 0 Å². The zero-order chi connectivity index (χ0) is 22.8. The number of fused-ring (bicyclic) bond motifs is 1. The maximum atomic E-state index is 9.34. The second kappa shape index (κ2) is 5.84. The lowest BCUT2D eigenvalue weighted by Gasteiger charge is -2.21. The minimum absolute atomic E-state index is 0.0514. The number of nitrogens with zero attached hydrogens (tertiary/aromatic N) is 5. The van der Waals surface area contributed by atoms with Crippen molar-refractivity contribution >= 4 is 0 Å². The van der Waals surface area contributed by atoms with Gasteiger partial charge in [-0.1, -0.05) is 12.8 Å². The summed E-state index contributed by atoms with van der Waals surface area (Å²) in [5.74, 6) is -2.20. The number of hydrogen-bond acceptors (Lipinski definition) is 4. The standard InChI is InChI=1S/C17H18N6/c18-7-5-15(12-3-1-2-4-12)23-10-13(9-22-23)16-14-6-8-19-17(14)21-11-20-16/h6,8-12,15H,1-5H2,(H,19,20,21)/t15-/m1/s1/i3D2,4D2,6D,8D,11D,12D. The summed E-state index contributed by atoms with van der Waals surface area (Å²) in [6, 6.07) is 0.516. The first-order valence-corrected chi connectivity index (χ1v) is 7.18. The first kappa shape index (κ1) is 7.73. The molecule has 1 aromatic heterocycles. The van der Waals surface area contributed by atoms with Gasteiger partial charge in [0.05, 0.1) is 39.5 Å². The van der Waals surface area contributed by atoms with E-state index < -0.39 is 24.7 Å². The molecule has 1 aliphatic carbocycles. The highest BCUT2D eigenvalue weighted by atomic mass is 15.3. The summed E-state index contributed by atoms with van der Waals surface area (Å²) in [5, 5.41) is 13.5. The number of nitrogens with one attached hydrogen (secondary N) is 1. The molecule has 1 atom stereocenters. The monoisotopic (exact) mass is 314 g/mol. The minimum Gasteiger partial charge on any atom is -0.345 e. The number of aromatic amines is 1. The van der Waals surface area contributed by atoms with E-state index in [9.17, 15) is 5.26 Å². The highest BCUT2D eigenvalue weighted by molar-refractivity contribution is 5.77. The minimum atomic E-state index is -2.26. The van der Waals surface area contributed by atoms with Gasteiger partial charge in [0.15, 0.2) is 5.82 Å². The highest BCUT2D eigenvalue weighted by Gasteiger charge is 2.27. The molecule has 0 aromatic carbocycles. The van der Waals surface area contributed by atoms with E-state index in [1.54, 1.807) is 0 Å². The van der Waals surface area contributed by atoms with Crippen LogP contribution in [0.1, 0.15) is 49.0 Å². The van der Waals surface area contributed by atoms with Crippen molar-refractivity contribution in [3.63, 3.8) is 0 Å². The van der Waals surface area contributed by atoms with Crippen LogP contribution in [0.25, 0.3) is 22.6 Å². The Morgan fingerprint density at radius 1 is 1.52 bits per heavy atom. The molecule has 4 rings (SSSR count). The average Bonchev–Trinajstić information content (AvgIpc) is 3.32. The molecule has 2 aliphatic heterocycles. The third kappa shape index (κ3) is 2.48. The maximum absolute atomic E-state index is 9.34. The molecule has 23 heavy (non-hydrogen) atoms. The summed E-state index contributed by atoms with van der Waals surface area (Å²) in [4.78, 5) is 10.5. The van der Waals surface area contributed by atoms with Gasteiger partial charge in [-0.15, -0.1) is 0 Å². The predicted octanol–water partition coefficient (Wildman–Crippen LogP) is 3.42. The Bertz CT molecular complexity index is 1150. The summed E-state index contributed by atoms with van der Waals surface area (Å²) >= 11 is 0. The number of hydrogen-bond donors (Lipinski definition) is 1. The number of rotatable bonds is 4. The van der Waals surface area contributed by atoms with Gasteiger partial charge < -0.3 is 4.98 Å². The Hall–Kier alpha value is -2.68. The molecule has 1 fully saturated rings. The summed E-state index contributed by atoms with van der Waals surface area (Å²) < 4.78 is 66.9. The SMILES string of the molecule is [2H]c1nc2nc([2H])c([2H])c-2c(-c2cnn([C@H](CC#N)C3([2H])C([2H])([2H])CCC3([2H])[2H])c2)[nH]1. The zero-order valence-corrected chi connectivity index (χ0v) is 12.1. The smallest absolute Gasteiger partial charge is 0.162 e. The largest absolute Gasteiger partial charge is 0.345 e. The summed E-state index contributed by atoms with van der Waals surface area (Å²) in [5.41, 5.74) is 0.821. The van der Waals surface area contributed by atoms with Crippen molar-refractivity contribution in [1.82, 2.24) is 24.7 Å². The van der Waals surface area contributed by atoms with Gasteiger partial charge in [-0.2, -0.15) is 10.4 Å². The van der Waals surface area contributed by atoms with Crippen molar-refractivity contribution in [2.45, 2.75) is 38.1 Å². The van der Waals surface area contributed by atoms with Crippen molar-refractivity contribution < 1.29 is 11.0 Å². The molecule has 0 saturated heterocycles. The van der Waals surface area contributed by atoms with E-state index >= 15 is 0 Å². The quantitative estimate of drug-likeness (QED) is 0.799. The van der Waals surface area contributed by atoms with E-state index in [4.69, 9.17) is 11.0 Å². The van der Waals surface area contributed by atoms with Crippen LogP contribution in [-0.2, 0) is 0 Å². The van der Waals surface area contributed by atoms with Crippen LogP contribution in [0.5, 0.6) is 0 Å². The topological polar surface area (TPSA) is 83.2 Å². The average molecular weight is 314 g/mol. The third-order valence-electron chi connectivity index (χ3n) is 3.74. The number of nitriles is 1. The van der Waals surface area contributed by atoms with Crippen LogP contribution in [0.4, 0.5) is 0 Å². The molecule has 6 heteroatoms. The van der Waals surface area contributed by atoms with Crippen LogP contribution in [0, 0.1) is 17.2 Å². The fraction of sp³-hybridized carbons (Fsp3) is 0.412. The molecule has 0 unspecified atom stereocenters. The number of aromatic nitrogens is 5. The Labute approximate surface area is 145 Å².